The normalized spacial score (nSPS) is 12.5. The monoisotopic (exact) mass is 677 g/mol. The molecule has 1 atom stereocenters. The maximum Gasteiger partial charge on any atom is 0.306 e. The lowest BCUT2D eigenvalue weighted by Gasteiger charge is -2.16. The Balaban J connectivity index is 3.40. The molecule has 0 radical (unpaired) electrons. The Morgan fingerprint density at radius 3 is 1.31 bits per heavy atom. The van der Waals surface area contributed by atoms with Gasteiger partial charge in [0.15, 0.2) is 0 Å². The van der Waals surface area contributed by atoms with Gasteiger partial charge in [-0.2, -0.15) is 0 Å². The fourth-order valence-corrected chi connectivity index (χ4v) is 6.30. The zero-order valence-electron chi connectivity index (χ0n) is 32.5. The molecule has 0 bridgehead atoms. The molecule has 0 heterocycles. The van der Waals surface area contributed by atoms with Crippen LogP contribution in [-0.4, -0.2) is 37.0 Å². The van der Waals surface area contributed by atoms with E-state index in [-0.39, 0.29) is 12.6 Å². The Morgan fingerprint density at radius 2 is 0.875 bits per heavy atom. The highest BCUT2D eigenvalue weighted by Crippen LogP contribution is 2.15. The molecule has 284 valence electrons. The largest absolute Gasteiger partial charge is 0.457 e. The molecule has 0 aliphatic carbocycles. The Kier molecular flexibility index (Phi) is 41.0. The van der Waals surface area contributed by atoms with Crippen LogP contribution in [0.25, 0.3) is 0 Å². The summed E-state index contributed by atoms with van der Waals surface area (Å²) in [6, 6.07) is 0. The Labute approximate surface area is 300 Å². The minimum atomic E-state index is -0.532. The van der Waals surface area contributed by atoms with Crippen molar-refractivity contribution in [2.75, 3.05) is 19.8 Å². The first-order valence-electron chi connectivity index (χ1n) is 21.4. The van der Waals surface area contributed by atoms with Gasteiger partial charge in [-0.3, -0.25) is 4.79 Å². The van der Waals surface area contributed by atoms with E-state index in [4.69, 9.17) is 9.47 Å². The van der Waals surface area contributed by atoms with Gasteiger partial charge in [-0.15, -0.1) is 0 Å². The van der Waals surface area contributed by atoms with Gasteiger partial charge in [0.1, 0.15) is 6.10 Å². The number of esters is 1. The summed E-state index contributed by atoms with van der Waals surface area (Å²) >= 11 is 0. The number of carbonyl (C=O) groups excluding carboxylic acids is 1. The van der Waals surface area contributed by atoms with E-state index in [2.05, 4.69) is 38.2 Å². The maximum absolute atomic E-state index is 12.2. The lowest BCUT2D eigenvalue weighted by atomic mass is 10.0. The maximum atomic E-state index is 12.2. The summed E-state index contributed by atoms with van der Waals surface area (Å²) in [5.41, 5.74) is 0. The lowest BCUT2D eigenvalue weighted by molar-refractivity contribution is -0.154. The van der Waals surface area contributed by atoms with Crippen LogP contribution in [0.3, 0.4) is 0 Å². The van der Waals surface area contributed by atoms with Crippen molar-refractivity contribution in [1.29, 1.82) is 0 Å². The molecular weight excluding hydrogens is 592 g/mol. The van der Waals surface area contributed by atoms with Crippen molar-refractivity contribution in [3.63, 3.8) is 0 Å². The topological polar surface area (TPSA) is 55.8 Å². The van der Waals surface area contributed by atoms with Gasteiger partial charge in [-0.1, -0.05) is 199 Å². The quantitative estimate of drug-likeness (QED) is 0.0399. The number of unbranched alkanes of at least 4 members (excludes halogenated alkanes) is 28. The molecule has 4 heteroatoms. The summed E-state index contributed by atoms with van der Waals surface area (Å²) in [6.07, 6.45) is 50.9. The number of hydrogen-bond acceptors (Lipinski definition) is 4. The number of carbonyl (C=O) groups is 1. The first-order valence-corrected chi connectivity index (χ1v) is 21.4. The van der Waals surface area contributed by atoms with E-state index >= 15 is 0 Å². The molecule has 4 nitrogen and oxygen atoms in total. The first kappa shape index (κ1) is 46.9. The number of ether oxygens (including phenoxy) is 2. The van der Waals surface area contributed by atoms with Crippen molar-refractivity contribution in [1.82, 2.24) is 0 Å². The highest BCUT2D eigenvalue weighted by molar-refractivity contribution is 5.69. The van der Waals surface area contributed by atoms with Crippen LogP contribution in [0.15, 0.2) is 24.3 Å². The zero-order valence-corrected chi connectivity index (χ0v) is 32.5. The molecule has 0 saturated heterocycles. The van der Waals surface area contributed by atoms with Gasteiger partial charge in [0.2, 0.25) is 0 Å². The molecule has 0 aromatic heterocycles. The molecule has 0 aliphatic heterocycles. The predicted octanol–water partition coefficient (Wildman–Crippen LogP) is 13.9. The third-order valence-corrected chi connectivity index (χ3v) is 9.53. The van der Waals surface area contributed by atoms with E-state index in [0.717, 1.165) is 25.7 Å². The average Bonchev–Trinajstić information content (AvgIpc) is 3.09. The molecule has 0 spiro atoms. The number of rotatable bonds is 40. The van der Waals surface area contributed by atoms with Crippen LogP contribution in [0.2, 0.25) is 0 Å². The van der Waals surface area contributed by atoms with E-state index in [0.29, 0.717) is 19.6 Å². The smallest absolute Gasteiger partial charge is 0.306 e. The standard InChI is InChI=1S/C44H84O4/c1-3-5-7-9-11-13-15-17-19-21-22-24-26-28-30-32-34-36-38-40-47-42-43(41-45)48-44(46)39-37-35-33-31-29-27-25-23-20-18-16-14-12-10-8-6-4-2/h13,15,19,21,43,45H,3-12,14,16-18,20,22-42H2,1-2H3/b15-13-,21-19-. The van der Waals surface area contributed by atoms with Gasteiger partial charge in [-0.05, 0) is 44.9 Å². The Bertz CT molecular complexity index is 673. The average molecular weight is 677 g/mol. The molecule has 48 heavy (non-hydrogen) atoms. The molecule has 0 aromatic carbocycles. The van der Waals surface area contributed by atoms with Gasteiger partial charge in [0.25, 0.3) is 0 Å². The second-order valence-electron chi connectivity index (χ2n) is 14.4. The van der Waals surface area contributed by atoms with E-state index < -0.39 is 6.10 Å². The molecule has 1 unspecified atom stereocenters. The van der Waals surface area contributed by atoms with Crippen LogP contribution in [0, 0.1) is 0 Å². The molecular formula is C44H84O4. The van der Waals surface area contributed by atoms with Gasteiger partial charge < -0.3 is 14.6 Å². The van der Waals surface area contributed by atoms with E-state index in [1.54, 1.807) is 0 Å². The Hall–Kier alpha value is -1.13. The third-order valence-electron chi connectivity index (χ3n) is 9.53. The van der Waals surface area contributed by atoms with E-state index in [9.17, 15) is 9.90 Å². The van der Waals surface area contributed by atoms with Crippen LogP contribution in [0.4, 0.5) is 0 Å². The lowest BCUT2D eigenvalue weighted by Crippen LogP contribution is -2.27. The fourth-order valence-electron chi connectivity index (χ4n) is 6.30. The molecule has 0 aromatic rings. The van der Waals surface area contributed by atoms with Crippen LogP contribution >= 0.6 is 0 Å². The third kappa shape index (κ3) is 39.3. The van der Waals surface area contributed by atoms with Crippen molar-refractivity contribution in [3.05, 3.63) is 24.3 Å². The first-order chi connectivity index (χ1) is 23.7. The van der Waals surface area contributed by atoms with Crippen LogP contribution in [-0.2, 0) is 14.3 Å². The highest BCUT2D eigenvalue weighted by Gasteiger charge is 2.13. The van der Waals surface area contributed by atoms with Crippen molar-refractivity contribution < 1.29 is 19.4 Å². The van der Waals surface area contributed by atoms with Gasteiger partial charge in [-0.25, -0.2) is 0 Å². The number of hydrogen-bond donors (Lipinski definition) is 1. The van der Waals surface area contributed by atoms with Crippen LogP contribution in [0.1, 0.15) is 226 Å². The second kappa shape index (κ2) is 42.0. The molecule has 0 amide bonds. The minimum Gasteiger partial charge on any atom is -0.457 e. The number of aliphatic hydroxyl groups excluding tert-OH is 1. The summed E-state index contributed by atoms with van der Waals surface area (Å²) in [4.78, 5) is 12.2. The van der Waals surface area contributed by atoms with Crippen molar-refractivity contribution in [3.8, 4) is 0 Å². The van der Waals surface area contributed by atoms with Crippen molar-refractivity contribution in [2.45, 2.75) is 232 Å². The second-order valence-corrected chi connectivity index (χ2v) is 14.4. The summed E-state index contributed by atoms with van der Waals surface area (Å²) in [6.45, 7) is 5.35. The van der Waals surface area contributed by atoms with Gasteiger partial charge in [0.05, 0.1) is 13.2 Å². The van der Waals surface area contributed by atoms with Crippen molar-refractivity contribution in [2.24, 2.45) is 0 Å². The minimum absolute atomic E-state index is 0.170. The molecule has 0 aliphatic rings. The van der Waals surface area contributed by atoms with Crippen molar-refractivity contribution >= 4 is 5.97 Å². The molecule has 0 fully saturated rings. The predicted molar refractivity (Wildman–Crippen MR) is 210 cm³/mol. The summed E-state index contributed by atoms with van der Waals surface area (Å²) < 4.78 is 11.2. The molecule has 0 rings (SSSR count). The fraction of sp³-hybridized carbons (Fsp3) is 0.886. The molecule has 1 N–H and O–H groups in total. The number of aliphatic hydroxyl groups is 1. The highest BCUT2D eigenvalue weighted by atomic mass is 16.6. The Morgan fingerprint density at radius 1 is 0.500 bits per heavy atom. The summed E-state index contributed by atoms with van der Waals surface area (Å²) in [7, 11) is 0. The van der Waals surface area contributed by atoms with Crippen LogP contribution < -0.4 is 0 Å². The van der Waals surface area contributed by atoms with E-state index in [1.807, 2.05) is 0 Å². The molecule has 0 saturated carbocycles. The van der Waals surface area contributed by atoms with Gasteiger partial charge in [0, 0.05) is 13.0 Å². The summed E-state index contributed by atoms with van der Waals surface area (Å²) in [5, 5.41) is 9.60. The van der Waals surface area contributed by atoms with Gasteiger partial charge >= 0.3 is 5.97 Å². The number of allylic oxidation sites excluding steroid dienone is 4. The van der Waals surface area contributed by atoms with E-state index in [1.165, 1.54) is 180 Å². The SMILES string of the molecule is CCCCCC/C=C\C/C=C\CCCCCCCCCCOCC(CO)OC(=O)CCCCCCCCCCCCCCCCCCC. The zero-order chi connectivity index (χ0) is 34.9. The van der Waals surface area contributed by atoms with Crippen LogP contribution in [0.5, 0.6) is 0 Å². The summed E-state index contributed by atoms with van der Waals surface area (Å²) in [5.74, 6) is -0.199.